The van der Waals surface area contributed by atoms with Crippen LogP contribution in [0.2, 0.25) is 0 Å². The van der Waals surface area contributed by atoms with Crippen LogP contribution in [0.3, 0.4) is 0 Å². The molecule has 0 spiro atoms. The summed E-state index contributed by atoms with van der Waals surface area (Å²) in [5.41, 5.74) is 5.77. The molecular formula is C26H28N4O3. The van der Waals surface area contributed by atoms with Crippen molar-refractivity contribution in [3.8, 4) is 22.8 Å². The van der Waals surface area contributed by atoms with E-state index < -0.39 is 0 Å². The van der Waals surface area contributed by atoms with Gasteiger partial charge in [0.2, 0.25) is 0 Å². The molecule has 0 saturated carbocycles. The first-order valence-corrected chi connectivity index (χ1v) is 10.7. The second-order valence-corrected chi connectivity index (χ2v) is 8.07. The minimum atomic E-state index is -0.0839. The van der Waals surface area contributed by atoms with E-state index in [4.69, 9.17) is 14.5 Å². The summed E-state index contributed by atoms with van der Waals surface area (Å²) in [6.45, 7) is 4.46. The normalized spacial score (nSPS) is 11.0. The maximum absolute atomic E-state index is 13.7. The molecule has 0 aliphatic rings. The molecule has 0 bridgehead atoms. The second kappa shape index (κ2) is 8.94. The first-order valence-electron chi connectivity index (χ1n) is 10.7. The molecule has 7 nitrogen and oxygen atoms in total. The zero-order chi connectivity index (χ0) is 23.7. The Labute approximate surface area is 193 Å². The highest BCUT2D eigenvalue weighted by Crippen LogP contribution is 2.34. The number of aromatic nitrogens is 3. The summed E-state index contributed by atoms with van der Waals surface area (Å²) in [5, 5.41) is 5.28. The Morgan fingerprint density at radius 2 is 1.82 bits per heavy atom. The van der Waals surface area contributed by atoms with E-state index >= 15 is 0 Å². The maximum Gasteiger partial charge on any atom is 0.254 e. The molecule has 0 aliphatic carbocycles. The van der Waals surface area contributed by atoms with Crippen molar-refractivity contribution >= 4 is 16.8 Å². The summed E-state index contributed by atoms with van der Waals surface area (Å²) in [6.07, 6.45) is 0. The number of amides is 1. The van der Waals surface area contributed by atoms with Gasteiger partial charge >= 0.3 is 0 Å². The number of ether oxygens (including phenoxy) is 2. The number of methoxy groups -OCH3 is 2. The van der Waals surface area contributed by atoms with Crippen LogP contribution in [-0.2, 0) is 13.6 Å². The molecule has 4 rings (SSSR count). The highest BCUT2D eigenvalue weighted by Gasteiger charge is 2.21. The van der Waals surface area contributed by atoms with Crippen LogP contribution in [0.25, 0.3) is 22.2 Å². The van der Waals surface area contributed by atoms with Gasteiger partial charge in [-0.05, 0) is 44.2 Å². The van der Waals surface area contributed by atoms with Crippen molar-refractivity contribution < 1.29 is 14.3 Å². The largest absolute Gasteiger partial charge is 0.497 e. The third-order valence-electron chi connectivity index (χ3n) is 6.03. The Bertz CT molecular complexity index is 1340. The van der Waals surface area contributed by atoms with E-state index in [2.05, 4.69) is 5.10 Å². The lowest BCUT2D eigenvalue weighted by atomic mass is 10.0. The Hall–Kier alpha value is -3.87. The monoisotopic (exact) mass is 444 g/mol. The van der Waals surface area contributed by atoms with Gasteiger partial charge in [-0.25, -0.2) is 4.98 Å². The minimum Gasteiger partial charge on any atom is -0.497 e. The number of hydrogen-bond donors (Lipinski definition) is 0. The van der Waals surface area contributed by atoms with Crippen molar-refractivity contribution in [1.29, 1.82) is 0 Å². The molecule has 33 heavy (non-hydrogen) atoms. The summed E-state index contributed by atoms with van der Waals surface area (Å²) in [6, 6.07) is 15.1. The third-order valence-corrected chi connectivity index (χ3v) is 6.03. The zero-order valence-electron chi connectivity index (χ0n) is 19.8. The summed E-state index contributed by atoms with van der Waals surface area (Å²) < 4.78 is 12.8. The number of nitrogens with zero attached hydrogens (tertiary/aromatic N) is 4. The quantitative estimate of drug-likeness (QED) is 0.437. The van der Waals surface area contributed by atoms with E-state index in [-0.39, 0.29) is 5.91 Å². The topological polar surface area (TPSA) is 69.5 Å². The van der Waals surface area contributed by atoms with Crippen LogP contribution in [0.5, 0.6) is 11.5 Å². The molecule has 0 N–H and O–H groups in total. The Balaban J connectivity index is 1.82. The number of hydrogen-bond acceptors (Lipinski definition) is 5. The predicted molar refractivity (Wildman–Crippen MR) is 129 cm³/mol. The van der Waals surface area contributed by atoms with E-state index in [1.54, 1.807) is 19.1 Å². The van der Waals surface area contributed by atoms with Crippen LogP contribution >= 0.6 is 0 Å². The molecule has 170 valence electrons. The average molecular weight is 445 g/mol. The highest BCUT2D eigenvalue weighted by atomic mass is 16.5. The SMILES string of the molecule is COc1ccc(OC)c(-c2cc(C(=O)N(C)Cc3c(C)nn(C)c3C)c3ccccc3n2)c1. The van der Waals surface area contributed by atoms with E-state index in [0.717, 1.165) is 33.4 Å². The lowest BCUT2D eigenvalue weighted by Gasteiger charge is -2.20. The molecule has 0 aliphatic heterocycles. The Morgan fingerprint density at radius 3 is 2.48 bits per heavy atom. The van der Waals surface area contributed by atoms with Gasteiger partial charge in [-0.3, -0.25) is 9.48 Å². The van der Waals surface area contributed by atoms with Gasteiger partial charge in [0.25, 0.3) is 5.91 Å². The molecule has 0 fully saturated rings. The zero-order valence-corrected chi connectivity index (χ0v) is 19.8. The summed E-state index contributed by atoms with van der Waals surface area (Å²) in [4.78, 5) is 20.2. The molecule has 0 radical (unpaired) electrons. The molecule has 2 heterocycles. The lowest BCUT2D eigenvalue weighted by molar-refractivity contribution is 0.0786. The van der Waals surface area contributed by atoms with Crippen LogP contribution in [-0.4, -0.2) is 46.8 Å². The van der Waals surface area contributed by atoms with E-state index in [1.807, 2.05) is 81.2 Å². The van der Waals surface area contributed by atoms with Crippen molar-refractivity contribution in [3.63, 3.8) is 0 Å². The van der Waals surface area contributed by atoms with E-state index in [0.29, 0.717) is 29.3 Å². The van der Waals surface area contributed by atoms with Crippen molar-refractivity contribution in [2.75, 3.05) is 21.3 Å². The number of fused-ring (bicyclic) bond motifs is 1. The number of pyridine rings is 1. The van der Waals surface area contributed by atoms with Gasteiger partial charge in [0.15, 0.2) is 0 Å². The van der Waals surface area contributed by atoms with Crippen molar-refractivity contribution in [3.05, 3.63) is 71.0 Å². The van der Waals surface area contributed by atoms with Gasteiger partial charge in [-0.2, -0.15) is 5.10 Å². The van der Waals surface area contributed by atoms with Crippen LogP contribution in [0, 0.1) is 13.8 Å². The van der Waals surface area contributed by atoms with Gasteiger partial charge in [0.1, 0.15) is 11.5 Å². The standard InChI is InChI=1S/C26H28N4O3/c1-16-22(17(2)30(4)28-16)15-29(3)26(31)20-14-24(27-23-10-8-7-9-19(20)23)21-13-18(32-5)11-12-25(21)33-6/h7-14H,15H2,1-6H3. The summed E-state index contributed by atoms with van der Waals surface area (Å²) in [7, 11) is 6.96. The lowest BCUT2D eigenvalue weighted by Crippen LogP contribution is -2.27. The number of para-hydroxylation sites is 1. The van der Waals surface area contributed by atoms with Crippen LogP contribution in [0.15, 0.2) is 48.5 Å². The Kier molecular flexibility index (Phi) is 6.05. The number of carbonyl (C=O) groups is 1. The number of rotatable bonds is 6. The smallest absolute Gasteiger partial charge is 0.254 e. The minimum absolute atomic E-state index is 0.0839. The first kappa shape index (κ1) is 22.3. The molecule has 0 saturated heterocycles. The molecule has 0 atom stereocenters. The van der Waals surface area contributed by atoms with Gasteiger partial charge in [0.05, 0.1) is 36.7 Å². The van der Waals surface area contributed by atoms with E-state index in [1.165, 1.54) is 0 Å². The highest BCUT2D eigenvalue weighted by molar-refractivity contribution is 6.07. The molecule has 7 heteroatoms. The molecule has 2 aromatic carbocycles. The predicted octanol–water partition coefficient (Wildman–Crippen LogP) is 4.54. The van der Waals surface area contributed by atoms with Crippen molar-refractivity contribution in [2.45, 2.75) is 20.4 Å². The number of aryl methyl sites for hydroxylation is 2. The van der Waals surface area contributed by atoms with Crippen molar-refractivity contribution in [2.24, 2.45) is 7.05 Å². The van der Waals surface area contributed by atoms with Crippen LogP contribution in [0.4, 0.5) is 0 Å². The third kappa shape index (κ3) is 4.14. The number of carbonyl (C=O) groups excluding carboxylic acids is 1. The fourth-order valence-electron chi connectivity index (χ4n) is 4.07. The van der Waals surface area contributed by atoms with Gasteiger partial charge < -0.3 is 14.4 Å². The maximum atomic E-state index is 13.7. The number of benzene rings is 2. The van der Waals surface area contributed by atoms with Gasteiger partial charge in [0, 0.05) is 42.8 Å². The molecule has 1 amide bonds. The average Bonchev–Trinajstić information content (AvgIpc) is 3.08. The molecule has 0 unspecified atom stereocenters. The van der Waals surface area contributed by atoms with Gasteiger partial charge in [-0.15, -0.1) is 0 Å². The van der Waals surface area contributed by atoms with Crippen molar-refractivity contribution in [1.82, 2.24) is 19.7 Å². The fourth-order valence-corrected chi connectivity index (χ4v) is 4.07. The van der Waals surface area contributed by atoms with Crippen LogP contribution in [0.1, 0.15) is 27.3 Å². The first-order chi connectivity index (χ1) is 15.8. The fraction of sp³-hybridized carbons (Fsp3) is 0.269. The molecular weight excluding hydrogens is 416 g/mol. The van der Waals surface area contributed by atoms with Gasteiger partial charge in [-0.1, -0.05) is 18.2 Å². The summed E-state index contributed by atoms with van der Waals surface area (Å²) in [5.74, 6) is 1.26. The van der Waals surface area contributed by atoms with Crippen LogP contribution < -0.4 is 9.47 Å². The molecule has 2 aromatic heterocycles. The Morgan fingerprint density at radius 1 is 1.06 bits per heavy atom. The molecule has 4 aromatic rings. The summed E-state index contributed by atoms with van der Waals surface area (Å²) >= 11 is 0. The van der Waals surface area contributed by atoms with E-state index in [9.17, 15) is 4.79 Å². The second-order valence-electron chi connectivity index (χ2n) is 8.07.